The van der Waals surface area contributed by atoms with Crippen molar-refractivity contribution in [2.45, 2.75) is 43.0 Å². The zero-order chi connectivity index (χ0) is 23.6. The maximum Gasteiger partial charge on any atom is 0.353 e. The summed E-state index contributed by atoms with van der Waals surface area (Å²) in [6, 6.07) is 7.30. The Labute approximate surface area is 192 Å². The fourth-order valence-electron chi connectivity index (χ4n) is 3.32. The molecule has 3 atom stereocenters. The van der Waals surface area contributed by atoms with Crippen LogP contribution in [0, 0.1) is 0 Å². The second-order valence-electron chi connectivity index (χ2n) is 8.05. The SMILES string of the molecule is CC(C)(C)SC(=O)C1=C(C(=O)O)N2C(=O)C(NC(=O)C(OC=O)c3ccccc3)[C@H]2SC1. The first-order valence-electron chi connectivity index (χ1n) is 9.64. The number of fused-ring (bicyclic) bond motifs is 1. The molecule has 1 fully saturated rings. The largest absolute Gasteiger partial charge is 0.477 e. The predicted octanol–water partition coefficient (Wildman–Crippen LogP) is 1.70. The molecule has 0 spiro atoms. The second-order valence-corrected chi connectivity index (χ2v) is 11.0. The highest BCUT2D eigenvalue weighted by atomic mass is 32.2. The van der Waals surface area contributed by atoms with Crippen molar-refractivity contribution in [3.8, 4) is 0 Å². The van der Waals surface area contributed by atoms with E-state index in [4.69, 9.17) is 4.74 Å². The molecule has 2 aliphatic heterocycles. The summed E-state index contributed by atoms with van der Waals surface area (Å²) >= 11 is 2.20. The predicted molar refractivity (Wildman–Crippen MR) is 118 cm³/mol. The van der Waals surface area contributed by atoms with Crippen molar-refractivity contribution in [3.63, 3.8) is 0 Å². The molecule has 32 heavy (non-hydrogen) atoms. The molecular weight excluding hydrogens is 456 g/mol. The van der Waals surface area contributed by atoms with Gasteiger partial charge in [0, 0.05) is 21.6 Å². The minimum absolute atomic E-state index is 0.0586. The van der Waals surface area contributed by atoms with Gasteiger partial charge >= 0.3 is 5.97 Å². The summed E-state index contributed by atoms with van der Waals surface area (Å²) in [5.41, 5.74) is 0.133. The van der Waals surface area contributed by atoms with Crippen LogP contribution in [0.2, 0.25) is 0 Å². The third kappa shape index (κ3) is 4.83. The second kappa shape index (κ2) is 9.37. The molecule has 170 valence electrons. The summed E-state index contributed by atoms with van der Waals surface area (Å²) in [5, 5.41) is 11.2. The molecule has 2 N–H and O–H groups in total. The lowest BCUT2D eigenvalue weighted by Crippen LogP contribution is -2.71. The van der Waals surface area contributed by atoms with E-state index >= 15 is 0 Å². The quantitative estimate of drug-likeness (QED) is 0.444. The van der Waals surface area contributed by atoms with Crippen molar-refractivity contribution in [1.82, 2.24) is 10.2 Å². The van der Waals surface area contributed by atoms with Gasteiger partial charge in [-0.25, -0.2) is 4.79 Å². The van der Waals surface area contributed by atoms with Crippen molar-refractivity contribution < 1.29 is 33.8 Å². The number of carbonyl (C=O) groups is 5. The summed E-state index contributed by atoms with van der Waals surface area (Å²) in [6.07, 6.45) is -1.25. The highest BCUT2D eigenvalue weighted by Gasteiger charge is 2.55. The molecule has 11 heteroatoms. The van der Waals surface area contributed by atoms with Crippen molar-refractivity contribution in [2.24, 2.45) is 0 Å². The number of β-lactam (4-membered cyclic amide) rings is 1. The first-order chi connectivity index (χ1) is 15.0. The van der Waals surface area contributed by atoms with Gasteiger partial charge in [-0.3, -0.25) is 24.1 Å². The topological polar surface area (TPSA) is 130 Å². The average molecular weight is 479 g/mol. The molecule has 0 aliphatic carbocycles. The van der Waals surface area contributed by atoms with E-state index < -0.39 is 45.2 Å². The van der Waals surface area contributed by atoms with Crippen LogP contribution in [0.15, 0.2) is 41.6 Å². The number of nitrogens with one attached hydrogen (secondary N) is 1. The Kier molecular flexibility index (Phi) is 6.99. The third-order valence-corrected chi connectivity index (χ3v) is 6.97. The van der Waals surface area contributed by atoms with Gasteiger partial charge < -0.3 is 15.2 Å². The maximum absolute atomic E-state index is 12.8. The number of rotatable bonds is 7. The Morgan fingerprint density at radius 2 is 1.94 bits per heavy atom. The van der Waals surface area contributed by atoms with Crippen LogP contribution < -0.4 is 5.32 Å². The number of ether oxygens (including phenoxy) is 1. The summed E-state index contributed by atoms with van der Waals surface area (Å²) in [7, 11) is 0. The number of benzene rings is 1. The van der Waals surface area contributed by atoms with E-state index in [1.54, 1.807) is 30.3 Å². The van der Waals surface area contributed by atoms with Crippen LogP contribution in [-0.2, 0) is 28.7 Å². The number of aliphatic carboxylic acids is 1. The number of thioether (sulfide) groups is 2. The fourth-order valence-corrected chi connectivity index (χ4v) is 5.60. The fraction of sp³-hybridized carbons (Fsp3) is 0.381. The van der Waals surface area contributed by atoms with Gasteiger partial charge in [-0.05, 0) is 0 Å². The smallest absolute Gasteiger partial charge is 0.353 e. The standard InChI is InChI=1S/C21H22N2O7S2/c1-21(2,3)32-20(29)12-9-31-18-13(17(26)23(18)14(12)19(27)28)22-16(25)15(30-10-24)11-7-5-4-6-8-11/h4-8,10,13,15,18H,9H2,1-3H3,(H,22,25)(H,27,28)/t13?,15?,18-/m1/s1. The lowest BCUT2D eigenvalue weighted by molar-refractivity contribution is -0.154. The Morgan fingerprint density at radius 3 is 2.50 bits per heavy atom. The van der Waals surface area contributed by atoms with Gasteiger partial charge in [-0.2, -0.15) is 0 Å². The monoisotopic (exact) mass is 478 g/mol. The summed E-state index contributed by atoms with van der Waals surface area (Å²) in [4.78, 5) is 62.0. The molecule has 2 heterocycles. The Bertz CT molecular complexity index is 988. The van der Waals surface area contributed by atoms with E-state index in [2.05, 4.69) is 5.32 Å². The highest BCUT2D eigenvalue weighted by Crippen LogP contribution is 2.42. The molecule has 1 aromatic carbocycles. The minimum atomic E-state index is -1.38. The molecule has 9 nitrogen and oxygen atoms in total. The van der Waals surface area contributed by atoms with Gasteiger partial charge in [-0.15, -0.1) is 11.8 Å². The van der Waals surface area contributed by atoms with Gasteiger partial charge in [0.15, 0.2) is 0 Å². The number of hydrogen-bond acceptors (Lipinski definition) is 8. The van der Waals surface area contributed by atoms with Crippen LogP contribution in [0.4, 0.5) is 0 Å². The van der Waals surface area contributed by atoms with E-state index in [1.165, 1.54) is 11.8 Å². The molecule has 1 saturated heterocycles. The van der Waals surface area contributed by atoms with Crippen LogP contribution in [0.1, 0.15) is 32.4 Å². The van der Waals surface area contributed by atoms with Crippen LogP contribution in [-0.4, -0.2) is 61.3 Å². The number of carbonyl (C=O) groups excluding carboxylic acids is 4. The number of nitrogens with zero attached hydrogens (tertiary/aromatic N) is 1. The first-order valence-corrected chi connectivity index (χ1v) is 11.5. The van der Waals surface area contributed by atoms with E-state index in [9.17, 15) is 29.1 Å². The molecular formula is C21H22N2O7S2. The lowest BCUT2D eigenvalue weighted by atomic mass is 10.0. The third-order valence-electron chi connectivity index (χ3n) is 4.65. The zero-order valence-electron chi connectivity index (χ0n) is 17.6. The summed E-state index contributed by atoms with van der Waals surface area (Å²) in [5.74, 6) is -2.63. The number of amides is 2. The number of carboxylic acids is 1. The highest BCUT2D eigenvalue weighted by molar-refractivity contribution is 8.15. The van der Waals surface area contributed by atoms with Crippen molar-refractivity contribution in [1.29, 1.82) is 0 Å². The Hall–Kier alpha value is -2.79. The van der Waals surface area contributed by atoms with E-state index in [-0.39, 0.29) is 23.5 Å². The van der Waals surface area contributed by atoms with E-state index in [0.29, 0.717) is 5.56 Å². The summed E-state index contributed by atoms with van der Waals surface area (Å²) in [6.45, 7) is 5.65. The maximum atomic E-state index is 12.8. The van der Waals surface area contributed by atoms with Gasteiger partial charge in [0.25, 0.3) is 18.3 Å². The van der Waals surface area contributed by atoms with Crippen LogP contribution in [0.5, 0.6) is 0 Å². The molecule has 0 aromatic heterocycles. The van der Waals surface area contributed by atoms with Crippen molar-refractivity contribution in [3.05, 3.63) is 47.2 Å². The molecule has 2 amide bonds. The van der Waals surface area contributed by atoms with Crippen LogP contribution in [0.3, 0.4) is 0 Å². The molecule has 0 bridgehead atoms. The van der Waals surface area contributed by atoms with Gasteiger partial charge in [0.2, 0.25) is 11.2 Å². The Morgan fingerprint density at radius 1 is 1.28 bits per heavy atom. The van der Waals surface area contributed by atoms with Gasteiger partial charge in [0.05, 0.1) is 0 Å². The number of hydrogen-bond donors (Lipinski definition) is 2. The van der Waals surface area contributed by atoms with E-state index in [0.717, 1.165) is 16.7 Å². The Balaban J connectivity index is 1.80. The number of carboxylic acid groups (broad SMARTS) is 1. The molecule has 2 unspecified atom stereocenters. The zero-order valence-corrected chi connectivity index (χ0v) is 19.2. The molecule has 1 aromatic rings. The molecule has 0 radical (unpaired) electrons. The average Bonchev–Trinajstić information content (AvgIpc) is 2.73. The lowest BCUT2D eigenvalue weighted by Gasteiger charge is -2.49. The first kappa shape index (κ1) is 23.9. The van der Waals surface area contributed by atoms with Crippen LogP contribution >= 0.6 is 23.5 Å². The normalized spacial score (nSPS) is 21.2. The molecule has 3 rings (SSSR count). The van der Waals surface area contributed by atoms with Crippen LogP contribution in [0.25, 0.3) is 0 Å². The molecule has 0 saturated carbocycles. The van der Waals surface area contributed by atoms with E-state index in [1.807, 2.05) is 20.8 Å². The van der Waals surface area contributed by atoms with Crippen molar-refractivity contribution in [2.75, 3.05) is 5.75 Å². The van der Waals surface area contributed by atoms with Gasteiger partial charge in [-0.1, -0.05) is 62.9 Å². The van der Waals surface area contributed by atoms with Gasteiger partial charge in [0.1, 0.15) is 17.1 Å². The van der Waals surface area contributed by atoms with Crippen molar-refractivity contribution >= 4 is 52.9 Å². The minimum Gasteiger partial charge on any atom is -0.477 e. The summed E-state index contributed by atoms with van der Waals surface area (Å²) < 4.78 is 4.49. The molecule has 2 aliphatic rings.